The quantitative estimate of drug-likeness (QED) is 0.814. The van der Waals surface area contributed by atoms with Crippen LogP contribution in [0.1, 0.15) is 51.4 Å². The van der Waals surface area contributed by atoms with E-state index in [0.29, 0.717) is 4.83 Å². The summed E-state index contributed by atoms with van der Waals surface area (Å²) in [6, 6.07) is 0.118. The topological polar surface area (TPSA) is 46.2 Å². The first-order chi connectivity index (χ1) is 7.59. The maximum absolute atomic E-state index is 12.2. The van der Waals surface area contributed by atoms with Crippen molar-refractivity contribution in [3.05, 3.63) is 0 Å². The number of sulfonamides is 1. The van der Waals surface area contributed by atoms with Gasteiger partial charge >= 0.3 is 0 Å². The maximum Gasteiger partial charge on any atom is 0.214 e. The van der Waals surface area contributed by atoms with Gasteiger partial charge < -0.3 is 0 Å². The molecule has 2 rings (SSSR count). The minimum atomic E-state index is -3.08. The molecule has 0 aromatic heterocycles. The highest BCUT2D eigenvalue weighted by molar-refractivity contribution is 9.09. The van der Waals surface area contributed by atoms with Crippen LogP contribution in [0.3, 0.4) is 0 Å². The van der Waals surface area contributed by atoms with Crippen molar-refractivity contribution in [3.63, 3.8) is 0 Å². The largest absolute Gasteiger partial charge is 0.214 e. The van der Waals surface area contributed by atoms with Gasteiger partial charge in [0.05, 0.1) is 5.25 Å². The van der Waals surface area contributed by atoms with Crippen LogP contribution in [0.25, 0.3) is 0 Å². The Kier molecular flexibility index (Phi) is 4.30. The van der Waals surface area contributed by atoms with E-state index in [-0.39, 0.29) is 11.3 Å². The summed E-state index contributed by atoms with van der Waals surface area (Å²) >= 11 is 3.55. The van der Waals surface area contributed by atoms with Crippen LogP contribution in [0, 0.1) is 0 Å². The number of hydrogen-bond acceptors (Lipinski definition) is 2. The van der Waals surface area contributed by atoms with Crippen molar-refractivity contribution in [1.29, 1.82) is 0 Å². The van der Waals surface area contributed by atoms with E-state index in [1.807, 2.05) is 0 Å². The number of alkyl halides is 1. The minimum Gasteiger partial charge on any atom is -0.212 e. The zero-order valence-electron chi connectivity index (χ0n) is 9.49. The highest BCUT2D eigenvalue weighted by Crippen LogP contribution is 2.28. The molecule has 2 atom stereocenters. The van der Waals surface area contributed by atoms with Gasteiger partial charge in [-0.05, 0) is 25.7 Å². The zero-order chi connectivity index (χ0) is 11.6. The fraction of sp³-hybridized carbons (Fsp3) is 1.00. The molecule has 16 heavy (non-hydrogen) atoms. The predicted octanol–water partition coefficient (Wildman–Crippen LogP) is 2.55. The van der Waals surface area contributed by atoms with Gasteiger partial charge in [-0.3, -0.25) is 0 Å². The molecule has 0 heterocycles. The summed E-state index contributed by atoms with van der Waals surface area (Å²) < 4.78 is 27.2. The molecule has 2 aliphatic rings. The van der Waals surface area contributed by atoms with Crippen molar-refractivity contribution in [1.82, 2.24) is 4.72 Å². The van der Waals surface area contributed by atoms with Crippen LogP contribution < -0.4 is 4.72 Å². The highest BCUT2D eigenvalue weighted by atomic mass is 79.9. The van der Waals surface area contributed by atoms with Gasteiger partial charge in [0.15, 0.2) is 0 Å². The first kappa shape index (κ1) is 12.8. The minimum absolute atomic E-state index is 0.118. The van der Waals surface area contributed by atoms with Gasteiger partial charge in [0.1, 0.15) is 0 Å². The standard InChI is InChI=1S/C11H20BrNO2S/c12-10-7-4-8-11(10)13-16(14,15)9-5-2-1-3-6-9/h9-11,13H,1-8H2. The summed E-state index contributed by atoms with van der Waals surface area (Å²) in [7, 11) is -3.08. The third kappa shape index (κ3) is 2.99. The van der Waals surface area contributed by atoms with Crippen LogP contribution in [0.2, 0.25) is 0 Å². The molecule has 2 fully saturated rings. The lowest BCUT2D eigenvalue weighted by Gasteiger charge is -2.25. The molecule has 0 amide bonds. The first-order valence-corrected chi connectivity index (χ1v) is 8.71. The summed E-state index contributed by atoms with van der Waals surface area (Å²) in [5, 5.41) is -0.137. The van der Waals surface area contributed by atoms with E-state index in [4.69, 9.17) is 0 Å². The van der Waals surface area contributed by atoms with Crippen LogP contribution in [-0.4, -0.2) is 24.5 Å². The smallest absolute Gasteiger partial charge is 0.212 e. The van der Waals surface area contributed by atoms with Crippen molar-refractivity contribution in [2.24, 2.45) is 0 Å². The molecule has 2 unspecified atom stereocenters. The zero-order valence-corrected chi connectivity index (χ0v) is 11.9. The lowest BCUT2D eigenvalue weighted by molar-refractivity contribution is 0.471. The fourth-order valence-corrected chi connectivity index (χ4v) is 5.48. The Hall–Kier alpha value is 0.390. The van der Waals surface area contributed by atoms with Crippen LogP contribution in [-0.2, 0) is 10.0 Å². The molecule has 5 heteroatoms. The van der Waals surface area contributed by atoms with E-state index in [1.165, 1.54) is 6.42 Å². The summed E-state index contributed by atoms with van der Waals surface area (Å²) in [4.78, 5) is 0.325. The molecular weight excluding hydrogens is 290 g/mol. The monoisotopic (exact) mass is 309 g/mol. The molecular formula is C11H20BrNO2S. The fourth-order valence-electron chi connectivity index (χ4n) is 2.73. The molecule has 0 spiro atoms. The molecule has 0 aliphatic heterocycles. The average Bonchev–Trinajstić information content (AvgIpc) is 2.65. The number of rotatable bonds is 3. The number of hydrogen-bond donors (Lipinski definition) is 1. The average molecular weight is 310 g/mol. The van der Waals surface area contributed by atoms with Crippen molar-refractivity contribution in [3.8, 4) is 0 Å². The Bertz CT molecular complexity index is 325. The molecule has 3 nitrogen and oxygen atoms in total. The first-order valence-electron chi connectivity index (χ1n) is 6.25. The Morgan fingerprint density at radius 3 is 2.19 bits per heavy atom. The molecule has 0 radical (unpaired) electrons. The second-order valence-corrected chi connectivity index (χ2v) is 8.14. The van der Waals surface area contributed by atoms with Gasteiger partial charge in [-0.25, -0.2) is 13.1 Å². The molecule has 0 bridgehead atoms. The summed E-state index contributed by atoms with van der Waals surface area (Å²) in [6.07, 6.45) is 8.18. The second kappa shape index (κ2) is 5.36. The Balaban J connectivity index is 1.96. The molecule has 0 saturated heterocycles. The lowest BCUT2D eigenvalue weighted by Crippen LogP contribution is -2.43. The third-order valence-corrected chi connectivity index (χ3v) is 6.81. The van der Waals surface area contributed by atoms with Crippen molar-refractivity contribution in [2.75, 3.05) is 0 Å². The van der Waals surface area contributed by atoms with Gasteiger partial charge in [0.25, 0.3) is 0 Å². The summed E-state index contributed by atoms with van der Waals surface area (Å²) in [5.74, 6) is 0. The van der Waals surface area contributed by atoms with Crippen LogP contribution in [0.15, 0.2) is 0 Å². The lowest BCUT2D eigenvalue weighted by atomic mass is 10.0. The molecule has 1 N–H and O–H groups in total. The van der Waals surface area contributed by atoms with Crippen LogP contribution in [0.4, 0.5) is 0 Å². The Morgan fingerprint density at radius 1 is 0.938 bits per heavy atom. The van der Waals surface area contributed by atoms with Crippen molar-refractivity contribution in [2.45, 2.75) is 67.5 Å². The Morgan fingerprint density at radius 2 is 1.62 bits per heavy atom. The van der Waals surface area contributed by atoms with Gasteiger partial charge in [0.2, 0.25) is 10.0 Å². The van der Waals surface area contributed by atoms with Gasteiger partial charge in [-0.2, -0.15) is 0 Å². The van der Waals surface area contributed by atoms with Gasteiger partial charge in [-0.1, -0.05) is 41.6 Å². The van der Waals surface area contributed by atoms with Crippen molar-refractivity contribution >= 4 is 26.0 Å². The van der Waals surface area contributed by atoms with Crippen LogP contribution >= 0.6 is 15.9 Å². The predicted molar refractivity (Wildman–Crippen MR) is 69.3 cm³/mol. The van der Waals surface area contributed by atoms with Gasteiger partial charge in [-0.15, -0.1) is 0 Å². The molecule has 94 valence electrons. The number of nitrogens with one attached hydrogen (secondary N) is 1. The van der Waals surface area contributed by atoms with Crippen molar-refractivity contribution < 1.29 is 8.42 Å². The van der Waals surface area contributed by atoms with E-state index in [0.717, 1.165) is 44.9 Å². The maximum atomic E-state index is 12.2. The Labute approximate surface area is 107 Å². The molecule has 2 saturated carbocycles. The summed E-state index contributed by atoms with van der Waals surface area (Å²) in [5.41, 5.74) is 0. The van der Waals surface area contributed by atoms with E-state index >= 15 is 0 Å². The SMILES string of the molecule is O=S(=O)(NC1CCCC1Br)C1CCCCC1. The molecule has 2 aliphatic carbocycles. The van der Waals surface area contributed by atoms with Gasteiger partial charge in [0, 0.05) is 10.9 Å². The summed E-state index contributed by atoms with van der Waals surface area (Å²) in [6.45, 7) is 0. The molecule has 0 aromatic rings. The van der Waals surface area contributed by atoms with E-state index in [9.17, 15) is 8.42 Å². The third-order valence-electron chi connectivity index (χ3n) is 3.74. The molecule has 0 aromatic carbocycles. The van der Waals surface area contributed by atoms with E-state index in [2.05, 4.69) is 20.7 Å². The second-order valence-electron chi connectivity index (χ2n) is 4.98. The van der Waals surface area contributed by atoms with E-state index in [1.54, 1.807) is 0 Å². The normalized spacial score (nSPS) is 33.1. The van der Waals surface area contributed by atoms with Crippen LogP contribution in [0.5, 0.6) is 0 Å². The van der Waals surface area contributed by atoms with E-state index < -0.39 is 10.0 Å². The highest BCUT2D eigenvalue weighted by Gasteiger charge is 2.33. The number of halogens is 1.